The first kappa shape index (κ1) is 43.1. The summed E-state index contributed by atoms with van der Waals surface area (Å²) in [6.07, 6.45) is 41.8. The minimum absolute atomic E-state index is 0.0109. The normalized spacial score (nSPS) is 12.1. The maximum absolute atomic E-state index is 12.7. The number of ketones is 1. The van der Waals surface area contributed by atoms with Gasteiger partial charge in [-0.3, -0.25) is 9.59 Å². The Morgan fingerprint density at radius 3 is 1.20 bits per heavy atom. The number of rotatable bonds is 37. The average molecular weight is 621 g/mol. The zero-order valence-corrected chi connectivity index (χ0v) is 30.6. The van der Waals surface area contributed by atoms with E-state index in [1.54, 1.807) is 0 Å². The van der Waals surface area contributed by atoms with Crippen LogP contribution < -0.4 is 0 Å². The van der Waals surface area contributed by atoms with E-state index < -0.39 is 0 Å². The molecule has 0 aromatic rings. The van der Waals surface area contributed by atoms with Gasteiger partial charge in [-0.15, -0.1) is 0 Å². The van der Waals surface area contributed by atoms with Gasteiger partial charge in [0.1, 0.15) is 5.78 Å². The van der Waals surface area contributed by atoms with E-state index in [0.29, 0.717) is 31.1 Å². The summed E-state index contributed by atoms with van der Waals surface area (Å²) in [5, 5.41) is 0. The largest absolute Gasteiger partial charge is 0.466 e. The summed E-state index contributed by atoms with van der Waals surface area (Å²) in [5.74, 6) is 0.785. The van der Waals surface area contributed by atoms with Crippen LogP contribution in [-0.2, 0) is 14.3 Å². The molecule has 0 aliphatic rings. The van der Waals surface area contributed by atoms with E-state index in [0.717, 1.165) is 38.5 Å². The van der Waals surface area contributed by atoms with Crippen LogP contribution in [-0.4, -0.2) is 18.4 Å². The lowest BCUT2D eigenvalue weighted by atomic mass is 9.91. The smallest absolute Gasteiger partial charge is 0.306 e. The molecule has 0 N–H and O–H groups in total. The Bertz CT molecular complexity index is 586. The van der Waals surface area contributed by atoms with Crippen LogP contribution in [0.3, 0.4) is 0 Å². The number of carbonyl (C=O) groups is 2. The second kappa shape index (κ2) is 36.6. The van der Waals surface area contributed by atoms with Gasteiger partial charge in [-0.25, -0.2) is 0 Å². The molecule has 0 aromatic heterocycles. The van der Waals surface area contributed by atoms with Crippen LogP contribution in [0.1, 0.15) is 239 Å². The second-order valence-corrected chi connectivity index (χ2v) is 14.1. The minimum Gasteiger partial charge on any atom is -0.466 e. The molecule has 44 heavy (non-hydrogen) atoms. The SMILES string of the molecule is CCCCCCCCCCCCCCCOC(=O)CC(CCCCCCCCCCCC)CCCC(=O)CCCCCCC. The van der Waals surface area contributed by atoms with Crippen molar-refractivity contribution in [3.05, 3.63) is 0 Å². The van der Waals surface area contributed by atoms with Crippen molar-refractivity contribution in [1.82, 2.24) is 0 Å². The van der Waals surface area contributed by atoms with Gasteiger partial charge in [0.05, 0.1) is 6.61 Å². The predicted octanol–water partition coefficient (Wildman–Crippen LogP) is 14.0. The van der Waals surface area contributed by atoms with Crippen LogP contribution in [0.5, 0.6) is 0 Å². The highest BCUT2D eigenvalue weighted by molar-refractivity contribution is 5.78. The van der Waals surface area contributed by atoms with E-state index in [-0.39, 0.29) is 5.97 Å². The molecule has 0 aliphatic carbocycles. The van der Waals surface area contributed by atoms with Crippen LogP contribution >= 0.6 is 0 Å². The van der Waals surface area contributed by atoms with E-state index in [1.807, 2.05) is 0 Å². The molecule has 0 saturated heterocycles. The van der Waals surface area contributed by atoms with E-state index in [1.165, 1.54) is 167 Å². The highest BCUT2D eigenvalue weighted by Crippen LogP contribution is 2.23. The first-order valence-electron chi connectivity index (χ1n) is 20.3. The zero-order chi connectivity index (χ0) is 32.2. The fourth-order valence-corrected chi connectivity index (χ4v) is 6.51. The summed E-state index contributed by atoms with van der Waals surface area (Å²) < 4.78 is 5.68. The average Bonchev–Trinajstić information content (AvgIpc) is 3.01. The lowest BCUT2D eigenvalue weighted by Gasteiger charge is -2.16. The van der Waals surface area contributed by atoms with Gasteiger partial charge in [0.15, 0.2) is 0 Å². The van der Waals surface area contributed by atoms with Gasteiger partial charge in [0.2, 0.25) is 0 Å². The highest BCUT2D eigenvalue weighted by Gasteiger charge is 2.16. The lowest BCUT2D eigenvalue weighted by molar-refractivity contribution is -0.145. The zero-order valence-electron chi connectivity index (χ0n) is 30.6. The van der Waals surface area contributed by atoms with Gasteiger partial charge >= 0.3 is 5.97 Å². The minimum atomic E-state index is -0.0109. The first-order chi connectivity index (χ1) is 21.6. The number of hydrogen-bond donors (Lipinski definition) is 0. The third-order valence-electron chi connectivity index (χ3n) is 9.56. The molecule has 0 saturated carbocycles. The van der Waals surface area contributed by atoms with E-state index in [9.17, 15) is 9.59 Å². The molecular weight excluding hydrogens is 540 g/mol. The fourth-order valence-electron chi connectivity index (χ4n) is 6.51. The molecule has 262 valence electrons. The number of ether oxygens (including phenoxy) is 1. The third-order valence-corrected chi connectivity index (χ3v) is 9.56. The second-order valence-electron chi connectivity index (χ2n) is 14.1. The van der Waals surface area contributed by atoms with Crippen LogP contribution in [0.15, 0.2) is 0 Å². The summed E-state index contributed by atoms with van der Waals surface area (Å²) in [7, 11) is 0. The van der Waals surface area contributed by atoms with Crippen LogP contribution in [0.2, 0.25) is 0 Å². The molecule has 3 heteroatoms. The molecule has 0 radical (unpaired) electrons. The van der Waals surface area contributed by atoms with E-state index >= 15 is 0 Å². The van der Waals surface area contributed by atoms with Crippen LogP contribution in [0.4, 0.5) is 0 Å². The molecule has 3 nitrogen and oxygen atoms in total. The van der Waals surface area contributed by atoms with Crippen LogP contribution in [0.25, 0.3) is 0 Å². The number of carbonyl (C=O) groups excluding carboxylic acids is 2. The number of Topliss-reactive ketones (excluding diaryl/α,β-unsaturated/α-hetero) is 1. The maximum Gasteiger partial charge on any atom is 0.306 e. The molecule has 0 amide bonds. The standard InChI is InChI=1S/C41H80O3/c1-4-7-10-13-15-17-19-20-21-23-25-28-31-37-44-41(43)38-39(33-29-27-24-22-18-16-14-11-8-5-2)34-32-36-40(42)35-30-26-12-9-6-3/h39H,4-38H2,1-3H3. The van der Waals surface area contributed by atoms with Gasteiger partial charge in [0, 0.05) is 19.3 Å². The number of unbranched alkanes of at least 4 members (excludes halogenated alkanes) is 25. The highest BCUT2D eigenvalue weighted by atomic mass is 16.5. The topological polar surface area (TPSA) is 43.4 Å². The van der Waals surface area contributed by atoms with Crippen molar-refractivity contribution in [3.63, 3.8) is 0 Å². The molecule has 0 spiro atoms. The van der Waals surface area contributed by atoms with Crippen molar-refractivity contribution in [2.45, 2.75) is 239 Å². The molecule has 0 heterocycles. The summed E-state index contributed by atoms with van der Waals surface area (Å²) in [6, 6.07) is 0. The van der Waals surface area contributed by atoms with Crippen molar-refractivity contribution in [2.75, 3.05) is 6.61 Å². The summed E-state index contributed by atoms with van der Waals surface area (Å²) in [5.41, 5.74) is 0. The summed E-state index contributed by atoms with van der Waals surface area (Å²) in [6.45, 7) is 7.37. The molecule has 0 aliphatic heterocycles. The Morgan fingerprint density at radius 2 is 0.750 bits per heavy atom. The van der Waals surface area contributed by atoms with Crippen molar-refractivity contribution in [2.24, 2.45) is 5.92 Å². The van der Waals surface area contributed by atoms with Crippen molar-refractivity contribution < 1.29 is 14.3 Å². The van der Waals surface area contributed by atoms with Gasteiger partial charge in [0.25, 0.3) is 0 Å². The molecule has 0 fully saturated rings. The summed E-state index contributed by atoms with van der Waals surface area (Å²) in [4.78, 5) is 25.1. The molecule has 1 unspecified atom stereocenters. The predicted molar refractivity (Wildman–Crippen MR) is 193 cm³/mol. The monoisotopic (exact) mass is 621 g/mol. The van der Waals surface area contributed by atoms with Crippen LogP contribution in [0, 0.1) is 5.92 Å². The molecule has 0 aromatic carbocycles. The maximum atomic E-state index is 12.7. The van der Waals surface area contributed by atoms with E-state index in [2.05, 4.69) is 20.8 Å². The molecule has 0 bridgehead atoms. The number of hydrogen-bond acceptors (Lipinski definition) is 3. The Kier molecular flexibility index (Phi) is 35.9. The van der Waals surface area contributed by atoms with Gasteiger partial charge in [-0.05, 0) is 38.0 Å². The van der Waals surface area contributed by atoms with Crippen molar-refractivity contribution >= 4 is 11.8 Å². The van der Waals surface area contributed by atoms with Gasteiger partial charge < -0.3 is 4.74 Å². The molecular formula is C41H80O3. The van der Waals surface area contributed by atoms with Gasteiger partial charge in [-0.1, -0.05) is 188 Å². The summed E-state index contributed by atoms with van der Waals surface area (Å²) >= 11 is 0. The Balaban J connectivity index is 4.09. The Hall–Kier alpha value is -0.860. The quantitative estimate of drug-likeness (QED) is 0.0512. The van der Waals surface area contributed by atoms with Crippen molar-refractivity contribution in [3.8, 4) is 0 Å². The van der Waals surface area contributed by atoms with Gasteiger partial charge in [-0.2, -0.15) is 0 Å². The molecule has 0 rings (SSSR count). The van der Waals surface area contributed by atoms with E-state index in [4.69, 9.17) is 4.74 Å². The Labute approximate surface area is 277 Å². The first-order valence-corrected chi connectivity index (χ1v) is 20.3. The number of esters is 1. The third kappa shape index (κ3) is 34.0. The lowest BCUT2D eigenvalue weighted by Crippen LogP contribution is -2.13. The Morgan fingerprint density at radius 1 is 0.409 bits per heavy atom. The fraction of sp³-hybridized carbons (Fsp3) is 0.951. The molecule has 1 atom stereocenters. The van der Waals surface area contributed by atoms with Crippen molar-refractivity contribution in [1.29, 1.82) is 0 Å².